The van der Waals surface area contributed by atoms with E-state index in [4.69, 9.17) is 10.1 Å². The Labute approximate surface area is 195 Å². The number of hydrogen-bond acceptors (Lipinski definition) is 5. The smallest absolute Gasteiger partial charge is 0.196 e. The van der Waals surface area contributed by atoms with Gasteiger partial charge < -0.3 is 4.57 Å². The zero-order chi connectivity index (χ0) is 23.2. The Hall–Kier alpha value is -3.29. The van der Waals surface area contributed by atoms with Crippen LogP contribution in [0.4, 0.5) is 0 Å². The lowest BCUT2D eigenvalue weighted by Gasteiger charge is -2.12. The van der Waals surface area contributed by atoms with Gasteiger partial charge in [-0.1, -0.05) is 52.7 Å². The average molecular weight is 447 g/mol. The summed E-state index contributed by atoms with van der Waals surface area (Å²) in [6.45, 7) is 9.51. The molecule has 0 saturated carbocycles. The van der Waals surface area contributed by atoms with E-state index in [1.165, 1.54) is 11.1 Å². The number of benzene rings is 1. The van der Waals surface area contributed by atoms with Gasteiger partial charge in [-0.3, -0.25) is 0 Å². The molecule has 4 aromatic rings. The minimum absolute atomic E-state index is 0.362. The van der Waals surface area contributed by atoms with Crippen LogP contribution in [0.3, 0.4) is 0 Å². The highest BCUT2D eigenvalue weighted by molar-refractivity contribution is 5.61. The van der Waals surface area contributed by atoms with Crippen molar-refractivity contribution in [3.63, 3.8) is 0 Å². The Morgan fingerprint density at radius 1 is 0.970 bits per heavy atom. The SMILES string of the molecule is CCCCc1nc(CCCC)n(Cc2ccc(-n3ccc(C(C)C)c3-c3nnn[nH]3)cc2)n1. The third-order valence-electron chi connectivity index (χ3n) is 5.96. The van der Waals surface area contributed by atoms with Gasteiger partial charge in [-0.15, -0.1) is 5.10 Å². The highest BCUT2D eigenvalue weighted by Crippen LogP contribution is 2.30. The molecule has 0 aliphatic rings. The molecule has 1 aromatic carbocycles. The van der Waals surface area contributed by atoms with E-state index in [0.717, 1.165) is 68.1 Å². The Kier molecular flexibility index (Phi) is 7.32. The van der Waals surface area contributed by atoms with Crippen LogP contribution >= 0.6 is 0 Å². The third-order valence-corrected chi connectivity index (χ3v) is 5.96. The third kappa shape index (κ3) is 5.21. The predicted molar refractivity (Wildman–Crippen MR) is 129 cm³/mol. The molecular weight excluding hydrogens is 412 g/mol. The van der Waals surface area contributed by atoms with Crippen molar-refractivity contribution >= 4 is 0 Å². The fourth-order valence-electron chi connectivity index (χ4n) is 4.09. The van der Waals surface area contributed by atoms with E-state index in [9.17, 15) is 0 Å². The molecule has 0 saturated heterocycles. The van der Waals surface area contributed by atoms with Crippen LogP contribution < -0.4 is 0 Å². The van der Waals surface area contributed by atoms with Gasteiger partial charge in [0.1, 0.15) is 5.82 Å². The fourth-order valence-corrected chi connectivity index (χ4v) is 4.09. The minimum Gasteiger partial charge on any atom is -0.314 e. The molecule has 3 heterocycles. The maximum Gasteiger partial charge on any atom is 0.196 e. The van der Waals surface area contributed by atoms with Gasteiger partial charge in [0, 0.05) is 24.7 Å². The summed E-state index contributed by atoms with van der Waals surface area (Å²) in [5.74, 6) is 3.11. The van der Waals surface area contributed by atoms with Gasteiger partial charge in [-0.25, -0.2) is 14.8 Å². The first-order valence-electron chi connectivity index (χ1n) is 12.1. The molecule has 0 unspecified atom stereocenters. The molecule has 1 N–H and O–H groups in total. The molecule has 0 amide bonds. The molecular formula is C25H34N8. The van der Waals surface area contributed by atoms with Crippen molar-refractivity contribution in [2.45, 2.75) is 78.7 Å². The summed E-state index contributed by atoms with van der Waals surface area (Å²) in [6.07, 6.45) is 8.59. The lowest BCUT2D eigenvalue weighted by molar-refractivity contribution is 0.612. The van der Waals surface area contributed by atoms with Crippen LogP contribution in [0.2, 0.25) is 0 Å². The van der Waals surface area contributed by atoms with Gasteiger partial charge >= 0.3 is 0 Å². The van der Waals surface area contributed by atoms with Crippen molar-refractivity contribution < 1.29 is 0 Å². The Morgan fingerprint density at radius 3 is 2.39 bits per heavy atom. The van der Waals surface area contributed by atoms with Gasteiger partial charge in [0.2, 0.25) is 0 Å². The average Bonchev–Trinajstić information content (AvgIpc) is 3.56. The predicted octanol–water partition coefficient (Wildman–Crippen LogP) is 5.11. The van der Waals surface area contributed by atoms with Crippen molar-refractivity contribution in [3.05, 3.63) is 59.3 Å². The highest BCUT2D eigenvalue weighted by atomic mass is 15.5. The molecule has 174 valence electrons. The molecule has 0 aliphatic carbocycles. The monoisotopic (exact) mass is 446 g/mol. The summed E-state index contributed by atoms with van der Waals surface area (Å²) < 4.78 is 4.24. The molecule has 0 spiro atoms. The number of tetrazole rings is 1. The van der Waals surface area contributed by atoms with Crippen molar-refractivity contribution in [3.8, 4) is 17.2 Å². The lowest BCUT2D eigenvalue weighted by atomic mass is 10.0. The zero-order valence-electron chi connectivity index (χ0n) is 20.1. The zero-order valence-corrected chi connectivity index (χ0v) is 20.1. The number of nitrogens with one attached hydrogen (secondary N) is 1. The van der Waals surface area contributed by atoms with E-state index in [2.05, 4.69) is 94.1 Å². The van der Waals surface area contributed by atoms with Crippen molar-refractivity contribution in [2.24, 2.45) is 0 Å². The number of aryl methyl sites for hydroxylation is 2. The molecule has 8 heteroatoms. The Balaban J connectivity index is 1.58. The molecule has 0 aliphatic heterocycles. The van der Waals surface area contributed by atoms with Crippen LogP contribution in [0.5, 0.6) is 0 Å². The Morgan fingerprint density at radius 2 is 1.73 bits per heavy atom. The van der Waals surface area contributed by atoms with Gasteiger partial charge in [-0.05, 0) is 58.5 Å². The second-order valence-electron chi connectivity index (χ2n) is 8.87. The van der Waals surface area contributed by atoms with E-state index >= 15 is 0 Å². The summed E-state index contributed by atoms with van der Waals surface area (Å²) in [4.78, 5) is 4.83. The van der Waals surface area contributed by atoms with E-state index in [0.29, 0.717) is 11.7 Å². The lowest BCUT2D eigenvalue weighted by Crippen LogP contribution is -2.07. The maximum atomic E-state index is 4.83. The van der Waals surface area contributed by atoms with Gasteiger partial charge in [0.15, 0.2) is 11.6 Å². The normalized spacial score (nSPS) is 11.5. The molecule has 4 rings (SSSR count). The van der Waals surface area contributed by atoms with Crippen LogP contribution in [-0.2, 0) is 19.4 Å². The van der Waals surface area contributed by atoms with Crippen LogP contribution in [0, 0.1) is 0 Å². The minimum atomic E-state index is 0.362. The first-order valence-corrected chi connectivity index (χ1v) is 12.1. The van der Waals surface area contributed by atoms with Crippen LogP contribution in [0.25, 0.3) is 17.2 Å². The number of aromatic nitrogens is 8. The van der Waals surface area contributed by atoms with E-state index < -0.39 is 0 Å². The molecule has 0 bridgehead atoms. The van der Waals surface area contributed by atoms with Gasteiger partial charge in [-0.2, -0.15) is 5.10 Å². The summed E-state index contributed by atoms with van der Waals surface area (Å²) >= 11 is 0. The second-order valence-corrected chi connectivity index (χ2v) is 8.87. The van der Waals surface area contributed by atoms with E-state index in [1.54, 1.807) is 0 Å². The van der Waals surface area contributed by atoms with Crippen molar-refractivity contribution in [1.29, 1.82) is 0 Å². The first kappa shape index (κ1) is 22.9. The van der Waals surface area contributed by atoms with Gasteiger partial charge in [0.05, 0.1) is 12.2 Å². The topological polar surface area (TPSA) is 90.1 Å². The quantitative estimate of drug-likeness (QED) is 0.346. The molecule has 3 aromatic heterocycles. The maximum absolute atomic E-state index is 4.83. The summed E-state index contributed by atoms with van der Waals surface area (Å²) in [5.41, 5.74) is 4.50. The highest BCUT2D eigenvalue weighted by Gasteiger charge is 2.18. The molecule has 33 heavy (non-hydrogen) atoms. The van der Waals surface area contributed by atoms with Crippen molar-refractivity contribution in [1.82, 2.24) is 40.0 Å². The standard InChI is InChI=1S/C25H34N8/c1-5-7-9-22-26-23(10-8-6-2)33(29-22)17-19-11-13-20(14-12-19)32-16-15-21(18(3)4)24(32)25-27-30-31-28-25/h11-16,18H,5-10,17H2,1-4H3,(H,27,28,30,31). The molecule has 0 fully saturated rings. The number of aromatic amines is 1. The van der Waals surface area contributed by atoms with Crippen LogP contribution in [0.15, 0.2) is 36.5 Å². The summed E-state index contributed by atoms with van der Waals surface area (Å²) in [5, 5.41) is 19.5. The molecule has 0 atom stereocenters. The summed E-state index contributed by atoms with van der Waals surface area (Å²) in [7, 11) is 0. The second kappa shape index (κ2) is 10.6. The fraction of sp³-hybridized carbons (Fsp3) is 0.480. The van der Waals surface area contributed by atoms with Gasteiger partial charge in [0.25, 0.3) is 0 Å². The van der Waals surface area contributed by atoms with Crippen molar-refractivity contribution in [2.75, 3.05) is 0 Å². The van der Waals surface area contributed by atoms with E-state index in [1.807, 2.05) is 0 Å². The van der Waals surface area contributed by atoms with Crippen LogP contribution in [0.1, 0.15) is 82.1 Å². The Bertz CT molecular complexity index is 1140. The number of H-pyrrole nitrogens is 1. The summed E-state index contributed by atoms with van der Waals surface area (Å²) in [6, 6.07) is 10.8. The number of nitrogens with zero attached hydrogens (tertiary/aromatic N) is 7. The molecule has 8 nitrogen and oxygen atoms in total. The number of unbranched alkanes of at least 4 members (excludes halogenated alkanes) is 2. The van der Waals surface area contributed by atoms with Crippen LogP contribution in [-0.4, -0.2) is 40.0 Å². The molecule has 0 radical (unpaired) electrons. The number of rotatable bonds is 11. The van der Waals surface area contributed by atoms with E-state index in [-0.39, 0.29) is 0 Å². The largest absolute Gasteiger partial charge is 0.314 e. The first-order chi connectivity index (χ1) is 16.1. The number of hydrogen-bond donors (Lipinski definition) is 1.